The van der Waals surface area contributed by atoms with Crippen molar-refractivity contribution in [2.75, 3.05) is 25.1 Å². The Kier molecular flexibility index (Phi) is 5.47. The molecule has 0 saturated heterocycles. The number of ether oxygens (including phenoxy) is 1. The highest BCUT2D eigenvalue weighted by molar-refractivity contribution is 5.70. The number of nitro groups is 1. The summed E-state index contributed by atoms with van der Waals surface area (Å²) in [5.74, 6) is -0.320. The van der Waals surface area contributed by atoms with Crippen molar-refractivity contribution in [1.29, 1.82) is 5.26 Å². The van der Waals surface area contributed by atoms with Crippen LogP contribution >= 0.6 is 0 Å². The van der Waals surface area contributed by atoms with Gasteiger partial charge in [0.2, 0.25) is 0 Å². The molecule has 106 valence electrons. The van der Waals surface area contributed by atoms with E-state index in [1.54, 1.807) is 18.9 Å². The van der Waals surface area contributed by atoms with Gasteiger partial charge < -0.3 is 9.64 Å². The summed E-state index contributed by atoms with van der Waals surface area (Å²) in [6.45, 7) is 2.42. The van der Waals surface area contributed by atoms with Gasteiger partial charge >= 0.3 is 5.97 Å². The van der Waals surface area contributed by atoms with Crippen LogP contribution in [-0.4, -0.2) is 31.1 Å². The van der Waals surface area contributed by atoms with E-state index in [-0.39, 0.29) is 23.6 Å². The molecule has 1 aromatic rings. The molecule has 0 aliphatic carbocycles. The fraction of sp³-hybridized carbons (Fsp3) is 0.385. The van der Waals surface area contributed by atoms with Crippen molar-refractivity contribution >= 4 is 17.3 Å². The number of nitrogens with zero attached hydrogens (tertiary/aromatic N) is 3. The predicted molar refractivity (Wildman–Crippen MR) is 72.3 cm³/mol. The van der Waals surface area contributed by atoms with Gasteiger partial charge in [0.15, 0.2) is 0 Å². The van der Waals surface area contributed by atoms with Crippen LogP contribution < -0.4 is 4.90 Å². The first-order chi connectivity index (χ1) is 9.49. The van der Waals surface area contributed by atoms with Gasteiger partial charge in [-0.15, -0.1) is 0 Å². The highest BCUT2D eigenvalue weighted by atomic mass is 16.6. The molecule has 0 spiro atoms. The molecule has 0 aromatic heterocycles. The summed E-state index contributed by atoms with van der Waals surface area (Å²) in [5, 5.41) is 19.7. The van der Waals surface area contributed by atoms with Gasteiger partial charge in [-0.05, 0) is 13.0 Å². The Balaban J connectivity index is 2.83. The van der Waals surface area contributed by atoms with E-state index in [0.29, 0.717) is 18.8 Å². The Labute approximate surface area is 116 Å². The van der Waals surface area contributed by atoms with Gasteiger partial charge in [0.1, 0.15) is 6.07 Å². The van der Waals surface area contributed by atoms with Crippen molar-refractivity contribution in [2.24, 2.45) is 0 Å². The number of rotatable bonds is 6. The van der Waals surface area contributed by atoms with E-state index in [1.807, 2.05) is 6.07 Å². The zero-order chi connectivity index (χ0) is 15.1. The fourth-order valence-electron chi connectivity index (χ4n) is 1.67. The second-order valence-corrected chi connectivity index (χ2v) is 4.05. The maximum Gasteiger partial charge on any atom is 0.307 e. The van der Waals surface area contributed by atoms with Crippen molar-refractivity contribution in [3.8, 4) is 6.07 Å². The standard InChI is InChI=1S/C13H15N3O4/c1-3-20-13(17)6-7-15(2)12-5-4-11(16(18)19)8-10(12)9-14/h4-5,8H,3,6-7H2,1-2H3. The van der Waals surface area contributed by atoms with Gasteiger partial charge in [0, 0.05) is 25.7 Å². The van der Waals surface area contributed by atoms with Gasteiger partial charge in [0.25, 0.3) is 5.69 Å². The second-order valence-electron chi connectivity index (χ2n) is 4.05. The number of carbonyl (C=O) groups is 1. The lowest BCUT2D eigenvalue weighted by Gasteiger charge is -2.19. The molecule has 0 atom stereocenters. The number of esters is 1. The quantitative estimate of drug-likeness (QED) is 0.447. The van der Waals surface area contributed by atoms with Gasteiger partial charge in [-0.2, -0.15) is 5.26 Å². The third-order valence-corrected chi connectivity index (χ3v) is 2.68. The Morgan fingerprint density at radius 3 is 2.80 bits per heavy atom. The third kappa shape index (κ3) is 3.95. The minimum Gasteiger partial charge on any atom is -0.466 e. The van der Waals surface area contributed by atoms with E-state index in [9.17, 15) is 14.9 Å². The molecule has 0 fully saturated rings. The number of non-ortho nitro benzene ring substituents is 1. The smallest absolute Gasteiger partial charge is 0.307 e. The van der Waals surface area contributed by atoms with Crippen LogP contribution in [-0.2, 0) is 9.53 Å². The first-order valence-corrected chi connectivity index (χ1v) is 6.05. The summed E-state index contributed by atoms with van der Waals surface area (Å²) >= 11 is 0. The lowest BCUT2D eigenvalue weighted by atomic mass is 10.1. The summed E-state index contributed by atoms with van der Waals surface area (Å²) < 4.78 is 4.82. The van der Waals surface area contributed by atoms with Crippen LogP contribution in [0.2, 0.25) is 0 Å². The summed E-state index contributed by atoms with van der Waals surface area (Å²) in [6.07, 6.45) is 0.187. The fourth-order valence-corrected chi connectivity index (χ4v) is 1.67. The molecule has 7 nitrogen and oxygen atoms in total. The first-order valence-electron chi connectivity index (χ1n) is 6.05. The maximum atomic E-state index is 11.3. The van der Waals surface area contributed by atoms with Crippen LogP contribution in [0.3, 0.4) is 0 Å². The van der Waals surface area contributed by atoms with Gasteiger partial charge in [-0.25, -0.2) is 0 Å². The lowest BCUT2D eigenvalue weighted by Crippen LogP contribution is -2.22. The number of hydrogen-bond acceptors (Lipinski definition) is 6. The molecular formula is C13H15N3O4. The predicted octanol–water partition coefficient (Wildman–Crippen LogP) is 1.86. The average Bonchev–Trinajstić information content (AvgIpc) is 2.44. The monoisotopic (exact) mass is 277 g/mol. The number of hydrogen-bond donors (Lipinski definition) is 0. The lowest BCUT2D eigenvalue weighted by molar-refractivity contribution is -0.384. The summed E-state index contributed by atoms with van der Waals surface area (Å²) in [6, 6.07) is 5.97. The topological polar surface area (TPSA) is 96.5 Å². The van der Waals surface area contributed by atoms with Gasteiger partial charge in [-0.3, -0.25) is 14.9 Å². The molecule has 7 heteroatoms. The van der Waals surface area contributed by atoms with Crippen LogP contribution in [0, 0.1) is 21.4 Å². The Hall–Kier alpha value is -2.62. The molecule has 0 bridgehead atoms. The van der Waals surface area contributed by atoms with E-state index in [0.717, 1.165) is 0 Å². The van der Waals surface area contributed by atoms with Crippen LogP contribution in [0.1, 0.15) is 18.9 Å². The molecule has 0 aliphatic rings. The average molecular weight is 277 g/mol. The molecule has 0 unspecified atom stereocenters. The first kappa shape index (κ1) is 15.4. The Morgan fingerprint density at radius 1 is 1.55 bits per heavy atom. The second kappa shape index (κ2) is 7.09. The largest absolute Gasteiger partial charge is 0.466 e. The van der Waals surface area contributed by atoms with E-state index in [1.165, 1.54) is 18.2 Å². The number of nitriles is 1. The Morgan fingerprint density at radius 2 is 2.25 bits per heavy atom. The summed E-state index contributed by atoms with van der Waals surface area (Å²) in [5.41, 5.74) is 0.608. The highest BCUT2D eigenvalue weighted by Gasteiger charge is 2.14. The zero-order valence-electron chi connectivity index (χ0n) is 11.3. The van der Waals surface area contributed by atoms with Gasteiger partial charge in [-0.1, -0.05) is 0 Å². The molecule has 0 aliphatic heterocycles. The number of carbonyl (C=O) groups excluding carboxylic acids is 1. The number of benzene rings is 1. The van der Waals surface area contributed by atoms with Crippen molar-refractivity contribution < 1.29 is 14.5 Å². The van der Waals surface area contributed by atoms with Crippen molar-refractivity contribution in [3.05, 3.63) is 33.9 Å². The van der Waals surface area contributed by atoms with Crippen LogP contribution in [0.25, 0.3) is 0 Å². The van der Waals surface area contributed by atoms with E-state index in [2.05, 4.69) is 0 Å². The van der Waals surface area contributed by atoms with Gasteiger partial charge in [0.05, 0.1) is 29.2 Å². The number of nitro benzene ring substituents is 1. The molecule has 1 rings (SSSR count). The molecule has 0 radical (unpaired) electrons. The van der Waals surface area contributed by atoms with E-state index < -0.39 is 4.92 Å². The molecule has 0 amide bonds. The van der Waals surface area contributed by atoms with Crippen LogP contribution in [0.15, 0.2) is 18.2 Å². The molecule has 0 saturated carbocycles. The molecule has 20 heavy (non-hydrogen) atoms. The van der Waals surface area contributed by atoms with Crippen molar-refractivity contribution in [1.82, 2.24) is 0 Å². The molecular weight excluding hydrogens is 262 g/mol. The Bertz CT molecular complexity index is 551. The molecule has 0 heterocycles. The number of anilines is 1. The van der Waals surface area contributed by atoms with Crippen LogP contribution in [0.4, 0.5) is 11.4 Å². The van der Waals surface area contributed by atoms with Crippen molar-refractivity contribution in [3.63, 3.8) is 0 Å². The van der Waals surface area contributed by atoms with E-state index >= 15 is 0 Å². The normalized spacial score (nSPS) is 9.65. The third-order valence-electron chi connectivity index (χ3n) is 2.68. The molecule has 1 aromatic carbocycles. The highest BCUT2D eigenvalue weighted by Crippen LogP contribution is 2.24. The summed E-state index contributed by atoms with van der Waals surface area (Å²) in [7, 11) is 1.71. The van der Waals surface area contributed by atoms with E-state index in [4.69, 9.17) is 10.00 Å². The van der Waals surface area contributed by atoms with Crippen LogP contribution in [0.5, 0.6) is 0 Å². The summed E-state index contributed by atoms with van der Waals surface area (Å²) in [4.78, 5) is 23.1. The minimum absolute atomic E-state index is 0.135. The van der Waals surface area contributed by atoms with Crippen molar-refractivity contribution in [2.45, 2.75) is 13.3 Å². The SMILES string of the molecule is CCOC(=O)CCN(C)c1ccc([N+](=O)[O-])cc1C#N. The maximum absolute atomic E-state index is 11.3. The molecule has 0 N–H and O–H groups in total. The zero-order valence-corrected chi connectivity index (χ0v) is 11.3. The minimum atomic E-state index is -0.552.